The standard InChI is InChI=1S/C21H15ClN4O/c22-15-9-11-16(12-10-15)23-14-18-20(24-17-6-2-1-3-7-17)25-19-8-4-5-13-26(19)21(18)27/h1-14,24H. The summed E-state index contributed by atoms with van der Waals surface area (Å²) < 4.78 is 1.50. The molecule has 0 unspecified atom stereocenters. The van der Waals surface area contributed by atoms with Crippen LogP contribution in [-0.4, -0.2) is 15.6 Å². The molecule has 0 atom stereocenters. The second-order valence-electron chi connectivity index (χ2n) is 5.83. The summed E-state index contributed by atoms with van der Waals surface area (Å²) in [6.07, 6.45) is 3.22. The van der Waals surface area contributed by atoms with E-state index in [0.29, 0.717) is 27.7 Å². The maximum atomic E-state index is 13.0. The van der Waals surface area contributed by atoms with E-state index in [1.807, 2.05) is 36.4 Å². The van der Waals surface area contributed by atoms with Gasteiger partial charge in [0.05, 0.1) is 5.69 Å². The van der Waals surface area contributed by atoms with E-state index < -0.39 is 0 Å². The zero-order chi connectivity index (χ0) is 18.6. The number of halogens is 1. The minimum Gasteiger partial charge on any atom is -0.339 e. The van der Waals surface area contributed by atoms with Gasteiger partial charge in [0.15, 0.2) is 0 Å². The molecule has 4 aromatic rings. The molecule has 0 aliphatic carbocycles. The summed E-state index contributed by atoms with van der Waals surface area (Å²) >= 11 is 5.91. The summed E-state index contributed by atoms with van der Waals surface area (Å²) in [7, 11) is 0. The van der Waals surface area contributed by atoms with Crippen molar-refractivity contribution in [1.29, 1.82) is 0 Å². The lowest BCUT2D eigenvalue weighted by molar-refractivity contribution is 1.04. The Hall–Kier alpha value is -3.44. The molecule has 2 aromatic heterocycles. The van der Waals surface area contributed by atoms with Crippen molar-refractivity contribution >= 4 is 40.7 Å². The van der Waals surface area contributed by atoms with Gasteiger partial charge in [-0.05, 0) is 48.5 Å². The molecule has 0 saturated heterocycles. The van der Waals surface area contributed by atoms with Crippen LogP contribution in [0.15, 0.2) is 88.8 Å². The fourth-order valence-corrected chi connectivity index (χ4v) is 2.76. The van der Waals surface area contributed by atoms with Gasteiger partial charge in [-0.3, -0.25) is 14.2 Å². The first-order valence-corrected chi connectivity index (χ1v) is 8.71. The minimum atomic E-state index is -0.197. The van der Waals surface area contributed by atoms with Crippen molar-refractivity contribution in [2.24, 2.45) is 4.99 Å². The van der Waals surface area contributed by atoms with Gasteiger partial charge in [-0.1, -0.05) is 35.9 Å². The van der Waals surface area contributed by atoms with Crippen LogP contribution in [0, 0.1) is 0 Å². The molecule has 4 rings (SSSR count). The summed E-state index contributed by atoms with van der Waals surface area (Å²) in [6, 6.07) is 22.1. The van der Waals surface area contributed by atoms with Crippen LogP contribution in [0.5, 0.6) is 0 Å². The lowest BCUT2D eigenvalue weighted by atomic mass is 10.2. The van der Waals surface area contributed by atoms with E-state index in [1.165, 1.54) is 10.6 Å². The Morgan fingerprint density at radius 2 is 1.70 bits per heavy atom. The molecule has 0 aliphatic heterocycles. The summed E-state index contributed by atoms with van der Waals surface area (Å²) in [4.78, 5) is 22.0. The highest BCUT2D eigenvalue weighted by molar-refractivity contribution is 6.30. The zero-order valence-corrected chi connectivity index (χ0v) is 15.0. The molecular formula is C21H15ClN4O. The highest BCUT2D eigenvalue weighted by Crippen LogP contribution is 2.19. The SMILES string of the molecule is O=c1c(C=Nc2ccc(Cl)cc2)c(Nc2ccccc2)nc2ccccn12. The first-order valence-electron chi connectivity index (χ1n) is 8.34. The monoisotopic (exact) mass is 374 g/mol. The Balaban J connectivity index is 1.83. The topological polar surface area (TPSA) is 58.8 Å². The molecule has 27 heavy (non-hydrogen) atoms. The number of fused-ring (bicyclic) bond motifs is 1. The number of pyridine rings is 1. The van der Waals surface area contributed by atoms with Gasteiger partial charge >= 0.3 is 0 Å². The average molecular weight is 375 g/mol. The van der Waals surface area contributed by atoms with Crippen LogP contribution in [0.1, 0.15) is 5.56 Å². The van der Waals surface area contributed by atoms with Crippen LogP contribution in [0.25, 0.3) is 5.65 Å². The Morgan fingerprint density at radius 3 is 2.48 bits per heavy atom. The number of hydrogen-bond acceptors (Lipinski definition) is 4. The van der Waals surface area contributed by atoms with E-state index in [2.05, 4.69) is 15.3 Å². The molecule has 0 aliphatic rings. The van der Waals surface area contributed by atoms with Gasteiger partial charge in [0, 0.05) is 23.1 Å². The Morgan fingerprint density at radius 1 is 0.963 bits per heavy atom. The summed E-state index contributed by atoms with van der Waals surface area (Å²) in [5, 5.41) is 3.85. The summed E-state index contributed by atoms with van der Waals surface area (Å²) in [5.74, 6) is 0.454. The molecular weight excluding hydrogens is 360 g/mol. The number of hydrogen-bond donors (Lipinski definition) is 1. The third-order valence-electron chi connectivity index (χ3n) is 3.97. The van der Waals surface area contributed by atoms with Gasteiger partial charge in [-0.15, -0.1) is 0 Å². The second-order valence-corrected chi connectivity index (χ2v) is 6.27. The normalized spacial score (nSPS) is 11.1. The number of benzene rings is 2. The Labute approximate surface area is 160 Å². The van der Waals surface area contributed by atoms with Crippen LogP contribution >= 0.6 is 11.6 Å². The number of nitrogens with one attached hydrogen (secondary N) is 1. The van der Waals surface area contributed by atoms with Crippen LogP contribution in [0.3, 0.4) is 0 Å². The predicted octanol–water partition coefficient (Wildman–Crippen LogP) is 4.84. The van der Waals surface area contributed by atoms with E-state index in [-0.39, 0.29) is 5.56 Å². The van der Waals surface area contributed by atoms with Crippen LogP contribution in [0.4, 0.5) is 17.2 Å². The van der Waals surface area contributed by atoms with Crippen LogP contribution in [-0.2, 0) is 0 Å². The first kappa shape index (κ1) is 17.0. The lowest BCUT2D eigenvalue weighted by Gasteiger charge is -2.10. The van der Waals surface area contributed by atoms with Crippen LogP contribution in [0.2, 0.25) is 5.02 Å². The van der Waals surface area contributed by atoms with E-state index in [9.17, 15) is 4.79 Å². The number of aliphatic imine (C=N–C) groups is 1. The van der Waals surface area contributed by atoms with Gasteiger partial charge in [-0.25, -0.2) is 4.98 Å². The second kappa shape index (κ2) is 7.43. The number of aromatic nitrogens is 2. The highest BCUT2D eigenvalue weighted by atomic mass is 35.5. The van der Waals surface area contributed by atoms with Crippen molar-refractivity contribution in [3.05, 3.63) is 99.9 Å². The number of nitrogens with zero attached hydrogens (tertiary/aromatic N) is 3. The Bertz CT molecular complexity index is 1170. The third kappa shape index (κ3) is 3.73. The van der Waals surface area contributed by atoms with E-state index >= 15 is 0 Å². The van der Waals surface area contributed by atoms with Gasteiger partial charge < -0.3 is 5.32 Å². The van der Waals surface area contributed by atoms with Gasteiger partial charge in [-0.2, -0.15) is 0 Å². The van der Waals surface area contributed by atoms with Gasteiger partial charge in [0.2, 0.25) is 0 Å². The number of para-hydroxylation sites is 1. The maximum absolute atomic E-state index is 13.0. The molecule has 6 heteroatoms. The van der Waals surface area contributed by atoms with Crippen molar-refractivity contribution in [1.82, 2.24) is 9.38 Å². The van der Waals surface area contributed by atoms with Crippen molar-refractivity contribution in [2.45, 2.75) is 0 Å². The number of rotatable bonds is 4. The minimum absolute atomic E-state index is 0.197. The molecule has 5 nitrogen and oxygen atoms in total. The summed E-state index contributed by atoms with van der Waals surface area (Å²) in [6.45, 7) is 0. The molecule has 0 fully saturated rings. The Kier molecular flexibility index (Phi) is 4.68. The van der Waals surface area contributed by atoms with Crippen molar-refractivity contribution < 1.29 is 0 Å². The van der Waals surface area contributed by atoms with E-state index in [4.69, 9.17) is 11.6 Å². The maximum Gasteiger partial charge on any atom is 0.268 e. The van der Waals surface area contributed by atoms with E-state index in [0.717, 1.165) is 5.69 Å². The molecule has 2 heterocycles. The molecule has 0 amide bonds. The average Bonchev–Trinajstić information content (AvgIpc) is 2.70. The number of anilines is 2. The van der Waals surface area contributed by atoms with Crippen molar-refractivity contribution in [2.75, 3.05) is 5.32 Å². The quantitative estimate of drug-likeness (QED) is 0.520. The predicted molar refractivity (Wildman–Crippen MR) is 110 cm³/mol. The fourth-order valence-electron chi connectivity index (χ4n) is 2.64. The molecule has 0 spiro atoms. The third-order valence-corrected chi connectivity index (χ3v) is 4.23. The summed E-state index contributed by atoms with van der Waals surface area (Å²) in [5.41, 5.74) is 2.27. The fraction of sp³-hybridized carbons (Fsp3) is 0. The highest BCUT2D eigenvalue weighted by Gasteiger charge is 2.11. The molecule has 0 bridgehead atoms. The van der Waals surface area contributed by atoms with Gasteiger partial charge in [0.25, 0.3) is 5.56 Å². The smallest absolute Gasteiger partial charge is 0.268 e. The largest absolute Gasteiger partial charge is 0.339 e. The van der Waals surface area contributed by atoms with Crippen molar-refractivity contribution in [3.8, 4) is 0 Å². The zero-order valence-electron chi connectivity index (χ0n) is 14.2. The first-order chi connectivity index (χ1) is 13.2. The molecule has 2 aromatic carbocycles. The molecule has 0 radical (unpaired) electrons. The van der Waals surface area contributed by atoms with E-state index in [1.54, 1.807) is 42.6 Å². The molecule has 132 valence electrons. The molecule has 1 N–H and O–H groups in total. The van der Waals surface area contributed by atoms with Gasteiger partial charge in [0.1, 0.15) is 17.0 Å². The molecule has 0 saturated carbocycles. The van der Waals surface area contributed by atoms with Crippen LogP contribution < -0.4 is 10.9 Å². The van der Waals surface area contributed by atoms with Crippen molar-refractivity contribution in [3.63, 3.8) is 0 Å². The lowest BCUT2D eigenvalue weighted by Crippen LogP contribution is -2.21.